The maximum atomic E-state index is 5.65. The van der Waals surface area contributed by atoms with E-state index in [1.165, 1.54) is 5.56 Å². The zero-order chi connectivity index (χ0) is 13.9. The summed E-state index contributed by atoms with van der Waals surface area (Å²) < 4.78 is 5.65. The van der Waals surface area contributed by atoms with Gasteiger partial charge in [0.2, 0.25) is 5.88 Å². The highest BCUT2D eigenvalue weighted by Crippen LogP contribution is 2.07. The lowest BCUT2D eigenvalue weighted by atomic mass is 10.3. The summed E-state index contributed by atoms with van der Waals surface area (Å²) in [4.78, 5) is 6.66. The maximum Gasteiger partial charge on any atom is 0.213 e. The Morgan fingerprint density at radius 3 is 2.58 bits per heavy atom. The van der Waals surface area contributed by atoms with Crippen molar-refractivity contribution in [3.63, 3.8) is 0 Å². The average Bonchev–Trinajstić information content (AvgIpc) is 2.45. The van der Waals surface area contributed by atoms with Crippen LogP contribution >= 0.6 is 0 Å². The first kappa shape index (κ1) is 15.9. The molecule has 0 bridgehead atoms. The lowest BCUT2D eigenvalue weighted by Gasteiger charge is -2.17. The summed E-state index contributed by atoms with van der Waals surface area (Å²) in [6.07, 6.45) is 3.04. The second kappa shape index (κ2) is 9.75. The number of likely N-dealkylation sites (N-methyl/N-ethyl adjacent to an activating group) is 1. The fraction of sp³-hybridized carbons (Fsp3) is 0.667. The first-order valence-corrected chi connectivity index (χ1v) is 7.30. The Bertz CT molecular complexity index is 323. The van der Waals surface area contributed by atoms with Crippen LogP contribution in [-0.4, -0.2) is 42.7 Å². The molecule has 0 amide bonds. The van der Waals surface area contributed by atoms with Crippen LogP contribution in [0.1, 0.15) is 32.8 Å². The van der Waals surface area contributed by atoms with Gasteiger partial charge in [0, 0.05) is 25.4 Å². The molecule has 0 atom stereocenters. The minimum absolute atomic E-state index is 0.697. The smallest absolute Gasteiger partial charge is 0.213 e. The SMILES string of the molecule is CCCNCc1ccc(OCCN(CC)CC)nc1. The number of nitrogens with one attached hydrogen (secondary N) is 1. The zero-order valence-corrected chi connectivity index (χ0v) is 12.5. The van der Waals surface area contributed by atoms with Crippen molar-refractivity contribution in [3.8, 4) is 5.88 Å². The van der Waals surface area contributed by atoms with Crippen molar-refractivity contribution in [3.05, 3.63) is 23.9 Å². The Morgan fingerprint density at radius 2 is 2.00 bits per heavy atom. The molecular weight excluding hydrogens is 238 g/mol. The minimum Gasteiger partial charge on any atom is -0.476 e. The average molecular weight is 265 g/mol. The van der Waals surface area contributed by atoms with Gasteiger partial charge >= 0.3 is 0 Å². The number of rotatable bonds is 10. The van der Waals surface area contributed by atoms with Gasteiger partial charge in [0.1, 0.15) is 6.61 Å². The van der Waals surface area contributed by atoms with Gasteiger partial charge in [-0.05, 0) is 31.6 Å². The summed E-state index contributed by atoms with van der Waals surface area (Å²) in [7, 11) is 0. The molecule has 4 heteroatoms. The summed E-state index contributed by atoms with van der Waals surface area (Å²) in [5.41, 5.74) is 1.20. The highest BCUT2D eigenvalue weighted by molar-refractivity contribution is 5.17. The molecular formula is C15H27N3O. The molecule has 0 saturated carbocycles. The second-order valence-corrected chi connectivity index (χ2v) is 4.56. The molecule has 1 rings (SSSR count). The van der Waals surface area contributed by atoms with Crippen molar-refractivity contribution in [2.45, 2.75) is 33.7 Å². The molecule has 19 heavy (non-hydrogen) atoms. The lowest BCUT2D eigenvalue weighted by molar-refractivity contribution is 0.218. The monoisotopic (exact) mass is 265 g/mol. The van der Waals surface area contributed by atoms with Gasteiger partial charge in [-0.2, -0.15) is 0 Å². The third kappa shape index (κ3) is 6.55. The molecule has 0 aliphatic carbocycles. The van der Waals surface area contributed by atoms with Gasteiger partial charge in [0.25, 0.3) is 0 Å². The normalized spacial score (nSPS) is 10.9. The molecule has 1 aromatic rings. The van der Waals surface area contributed by atoms with Gasteiger partial charge in [0.05, 0.1) is 0 Å². The highest BCUT2D eigenvalue weighted by Gasteiger charge is 2.00. The molecule has 0 aromatic carbocycles. The topological polar surface area (TPSA) is 37.4 Å². The number of hydrogen-bond acceptors (Lipinski definition) is 4. The van der Waals surface area contributed by atoms with E-state index in [2.05, 4.69) is 42.0 Å². The van der Waals surface area contributed by atoms with Crippen molar-refractivity contribution < 1.29 is 4.74 Å². The van der Waals surface area contributed by atoms with E-state index in [0.717, 1.165) is 39.1 Å². The van der Waals surface area contributed by atoms with Crippen molar-refractivity contribution in [2.75, 3.05) is 32.8 Å². The van der Waals surface area contributed by atoms with E-state index in [0.29, 0.717) is 12.5 Å². The number of aromatic nitrogens is 1. The molecule has 0 aliphatic rings. The molecule has 0 unspecified atom stereocenters. The first-order valence-electron chi connectivity index (χ1n) is 7.30. The number of pyridine rings is 1. The Morgan fingerprint density at radius 1 is 1.21 bits per heavy atom. The van der Waals surface area contributed by atoms with Crippen LogP contribution in [0.4, 0.5) is 0 Å². The van der Waals surface area contributed by atoms with Crippen LogP contribution < -0.4 is 10.1 Å². The van der Waals surface area contributed by atoms with Crippen LogP contribution in [0.3, 0.4) is 0 Å². The molecule has 1 N–H and O–H groups in total. The maximum absolute atomic E-state index is 5.65. The molecule has 108 valence electrons. The molecule has 1 heterocycles. The third-order valence-electron chi connectivity index (χ3n) is 3.11. The van der Waals surface area contributed by atoms with Gasteiger partial charge in [-0.15, -0.1) is 0 Å². The van der Waals surface area contributed by atoms with E-state index >= 15 is 0 Å². The van der Waals surface area contributed by atoms with Crippen LogP contribution in [0, 0.1) is 0 Å². The van der Waals surface area contributed by atoms with Crippen LogP contribution in [0.25, 0.3) is 0 Å². The quantitative estimate of drug-likeness (QED) is 0.659. The molecule has 4 nitrogen and oxygen atoms in total. The Labute approximate surface area is 117 Å². The Balaban J connectivity index is 2.27. The largest absolute Gasteiger partial charge is 0.476 e. The predicted molar refractivity (Wildman–Crippen MR) is 79.5 cm³/mol. The van der Waals surface area contributed by atoms with E-state index in [1.54, 1.807) is 0 Å². The van der Waals surface area contributed by atoms with Crippen molar-refractivity contribution >= 4 is 0 Å². The van der Waals surface area contributed by atoms with Crippen LogP contribution in [0.15, 0.2) is 18.3 Å². The molecule has 0 aliphatic heterocycles. The molecule has 1 aromatic heterocycles. The van der Waals surface area contributed by atoms with Crippen molar-refractivity contribution in [1.29, 1.82) is 0 Å². The van der Waals surface area contributed by atoms with E-state index in [9.17, 15) is 0 Å². The molecule has 0 saturated heterocycles. The van der Waals surface area contributed by atoms with E-state index < -0.39 is 0 Å². The predicted octanol–water partition coefficient (Wildman–Crippen LogP) is 2.30. The summed E-state index contributed by atoms with van der Waals surface area (Å²) in [6.45, 7) is 12.2. The standard InChI is InChI=1S/C15H27N3O/c1-4-9-16-12-14-7-8-15(17-13-14)19-11-10-18(5-2)6-3/h7-8,13,16H,4-6,9-12H2,1-3H3. The lowest BCUT2D eigenvalue weighted by Crippen LogP contribution is -2.28. The van der Waals surface area contributed by atoms with Crippen LogP contribution in [-0.2, 0) is 6.54 Å². The van der Waals surface area contributed by atoms with E-state index in [-0.39, 0.29) is 0 Å². The number of nitrogens with zero attached hydrogens (tertiary/aromatic N) is 2. The molecule has 0 radical (unpaired) electrons. The van der Waals surface area contributed by atoms with Crippen molar-refractivity contribution in [1.82, 2.24) is 15.2 Å². The van der Waals surface area contributed by atoms with E-state index in [1.807, 2.05) is 12.3 Å². The second-order valence-electron chi connectivity index (χ2n) is 4.56. The van der Waals surface area contributed by atoms with Crippen LogP contribution in [0.5, 0.6) is 5.88 Å². The van der Waals surface area contributed by atoms with Crippen molar-refractivity contribution in [2.24, 2.45) is 0 Å². The van der Waals surface area contributed by atoms with Crippen LogP contribution in [0.2, 0.25) is 0 Å². The number of hydrogen-bond donors (Lipinski definition) is 1. The summed E-state index contributed by atoms with van der Waals surface area (Å²) >= 11 is 0. The molecule has 0 spiro atoms. The fourth-order valence-electron chi connectivity index (χ4n) is 1.83. The van der Waals surface area contributed by atoms with Gasteiger partial charge in [-0.25, -0.2) is 4.98 Å². The van der Waals surface area contributed by atoms with Gasteiger partial charge in [0.15, 0.2) is 0 Å². The number of ether oxygens (including phenoxy) is 1. The summed E-state index contributed by atoms with van der Waals surface area (Å²) in [6, 6.07) is 4.02. The highest BCUT2D eigenvalue weighted by atomic mass is 16.5. The van der Waals surface area contributed by atoms with Gasteiger partial charge in [-0.1, -0.05) is 26.8 Å². The summed E-state index contributed by atoms with van der Waals surface area (Å²) in [5, 5.41) is 3.36. The van der Waals surface area contributed by atoms with E-state index in [4.69, 9.17) is 4.74 Å². The Kier molecular flexibility index (Phi) is 8.18. The third-order valence-corrected chi connectivity index (χ3v) is 3.11. The van der Waals surface area contributed by atoms with Gasteiger partial charge in [-0.3, -0.25) is 0 Å². The fourth-order valence-corrected chi connectivity index (χ4v) is 1.83. The first-order chi connectivity index (χ1) is 9.30. The van der Waals surface area contributed by atoms with Gasteiger partial charge < -0.3 is 15.0 Å². The zero-order valence-electron chi connectivity index (χ0n) is 12.5. The molecule has 0 fully saturated rings. The Hall–Kier alpha value is -1.13. The minimum atomic E-state index is 0.697. The summed E-state index contributed by atoms with van der Waals surface area (Å²) in [5.74, 6) is 0.714.